The SMILES string of the molecule is COc1ccc(Cn2ccn3c(C)c(-c4ccc(OC)cc4)nc23)cc1. The average molecular weight is 347 g/mol. The van der Waals surface area contributed by atoms with Crippen molar-refractivity contribution in [2.75, 3.05) is 14.2 Å². The predicted molar refractivity (Wildman–Crippen MR) is 102 cm³/mol. The second-order valence-corrected chi connectivity index (χ2v) is 6.22. The second-order valence-electron chi connectivity index (χ2n) is 6.22. The molecule has 0 atom stereocenters. The van der Waals surface area contributed by atoms with Gasteiger partial charge in [0.05, 0.1) is 26.5 Å². The Kier molecular flexibility index (Phi) is 4.13. The molecule has 0 saturated carbocycles. The summed E-state index contributed by atoms with van der Waals surface area (Å²) in [5, 5.41) is 0. The normalized spacial score (nSPS) is 11.0. The third-order valence-corrected chi connectivity index (χ3v) is 4.66. The van der Waals surface area contributed by atoms with Crippen molar-refractivity contribution in [2.24, 2.45) is 0 Å². The van der Waals surface area contributed by atoms with E-state index >= 15 is 0 Å². The maximum Gasteiger partial charge on any atom is 0.215 e. The van der Waals surface area contributed by atoms with E-state index in [1.54, 1.807) is 14.2 Å². The van der Waals surface area contributed by atoms with Crippen molar-refractivity contribution in [1.82, 2.24) is 14.0 Å². The Balaban J connectivity index is 1.68. The Morgan fingerprint density at radius 2 is 1.46 bits per heavy atom. The van der Waals surface area contributed by atoms with Crippen LogP contribution in [0.5, 0.6) is 11.5 Å². The van der Waals surface area contributed by atoms with Crippen molar-refractivity contribution in [3.05, 3.63) is 72.2 Å². The van der Waals surface area contributed by atoms with E-state index in [1.807, 2.05) is 36.4 Å². The van der Waals surface area contributed by atoms with Gasteiger partial charge in [-0.3, -0.25) is 4.40 Å². The molecule has 5 nitrogen and oxygen atoms in total. The molecular weight excluding hydrogens is 326 g/mol. The van der Waals surface area contributed by atoms with E-state index in [2.05, 4.69) is 40.4 Å². The highest BCUT2D eigenvalue weighted by Crippen LogP contribution is 2.26. The van der Waals surface area contributed by atoms with Crippen molar-refractivity contribution < 1.29 is 9.47 Å². The van der Waals surface area contributed by atoms with Crippen LogP contribution in [0.2, 0.25) is 0 Å². The number of rotatable bonds is 5. The standard InChI is InChI=1S/C21H21N3O2/c1-15-20(17-6-10-19(26-3)11-7-17)22-21-23(12-13-24(15)21)14-16-4-8-18(25-2)9-5-16/h4-13H,14H2,1-3H3. The largest absolute Gasteiger partial charge is 0.497 e. The Bertz CT molecular complexity index is 1030. The number of fused-ring (bicyclic) bond motifs is 1. The minimum absolute atomic E-state index is 0.763. The van der Waals surface area contributed by atoms with Crippen LogP contribution in [0, 0.1) is 6.92 Å². The molecule has 0 spiro atoms. The van der Waals surface area contributed by atoms with Crippen LogP contribution in [0.15, 0.2) is 60.9 Å². The molecule has 0 bridgehead atoms. The molecule has 0 unspecified atom stereocenters. The molecule has 0 aliphatic rings. The first-order valence-corrected chi connectivity index (χ1v) is 8.51. The van der Waals surface area contributed by atoms with Crippen LogP contribution < -0.4 is 9.47 Å². The van der Waals surface area contributed by atoms with Gasteiger partial charge in [0.1, 0.15) is 11.5 Å². The molecular formula is C21H21N3O2. The molecule has 4 rings (SSSR count). The first kappa shape index (κ1) is 16.3. The van der Waals surface area contributed by atoms with Crippen LogP contribution in [0.25, 0.3) is 17.0 Å². The Hall–Kier alpha value is -3.21. The first-order chi connectivity index (χ1) is 12.7. The van der Waals surface area contributed by atoms with Gasteiger partial charge in [-0.25, -0.2) is 4.98 Å². The molecule has 0 radical (unpaired) electrons. The van der Waals surface area contributed by atoms with Crippen LogP contribution in [0.1, 0.15) is 11.3 Å². The number of imidazole rings is 2. The molecule has 26 heavy (non-hydrogen) atoms. The van der Waals surface area contributed by atoms with Gasteiger partial charge in [-0.1, -0.05) is 12.1 Å². The third-order valence-electron chi connectivity index (χ3n) is 4.66. The smallest absolute Gasteiger partial charge is 0.215 e. The summed E-state index contributed by atoms with van der Waals surface area (Å²) < 4.78 is 14.8. The predicted octanol–water partition coefficient (Wildman–Crippen LogP) is 4.18. The fourth-order valence-corrected chi connectivity index (χ4v) is 3.17. The Morgan fingerprint density at radius 1 is 0.846 bits per heavy atom. The zero-order valence-electron chi connectivity index (χ0n) is 15.1. The molecule has 0 saturated heterocycles. The van der Waals surface area contributed by atoms with Gasteiger partial charge in [-0.05, 0) is 48.9 Å². The molecule has 2 aromatic heterocycles. The Morgan fingerprint density at radius 3 is 2.08 bits per heavy atom. The number of aryl methyl sites for hydroxylation is 1. The van der Waals surface area contributed by atoms with Gasteiger partial charge in [0, 0.05) is 23.7 Å². The zero-order chi connectivity index (χ0) is 18.1. The molecule has 0 fully saturated rings. The van der Waals surface area contributed by atoms with E-state index in [4.69, 9.17) is 14.5 Å². The molecule has 2 heterocycles. The van der Waals surface area contributed by atoms with E-state index in [0.717, 1.165) is 40.8 Å². The Labute approximate surface area is 152 Å². The minimum Gasteiger partial charge on any atom is -0.497 e. The van der Waals surface area contributed by atoms with E-state index in [0.29, 0.717) is 0 Å². The number of hydrogen-bond acceptors (Lipinski definition) is 3. The number of nitrogens with zero attached hydrogens (tertiary/aromatic N) is 3. The van der Waals surface area contributed by atoms with Crippen LogP contribution in [-0.4, -0.2) is 28.2 Å². The van der Waals surface area contributed by atoms with E-state index in [9.17, 15) is 0 Å². The highest BCUT2D eigenvalue weighted by atomic mass is 16.5. The number of ether oxygens (including phenoxy) is 2. The highest BCUT2D eigenvalue weighted by Gasteiger charge is 2.14. The van der Waals surface area contributed by atoms with Crippen LogP contribution in [0.3, 0.4) is 0 Å². The maximum atomic E-state index is 5.24. The fraction of sp³-hybridized carbons (Fsp3) is 0.190. The fourth-order valence-electron chi connectivity index (χ4n) is 3.17. The highest BCUT2D eigenvalue weighted by molar-refractivity contribution is 5.66. The number of benzene rings is 2. The second kappa shape index (κ2) is 6.59. The molecule has 0 amide bonds. The topological polar surface area (TPSA) is 40.7 Å². The van der Waals surface area contributed by atoms with Gasteiger partial charge in [0.15, 0.2) is 0 Å². The lowest BCUT2D eigenvalue weighted by molar-refractivity contribution is 0.414. The third kappa shape index (κ3) is 2.81. The summed E-state index contributed by atoms with van der Waals surface area (Å²) in [6, 6.07) is 16.1. The minimum atomic E-state index is 0.763. The molecule has 2 aromatic carbocycles. The van der Waals surface area contributed by atoms with Gasteiger partial charge in [0.25, 0.3) is 0 Å². The van der Waals surface area contributed by atoms with Crippen molar-refractivity contribution in [3.8, 4) is 22.8 Å². The zero-order valence-corrected chi connectivity index (χ0v) is 15.1. The first-order valence-electron chi connectivity index (χ1n) is 8.51. The summed E-state index contributed by atoms with van der Waals surface area (Å²) >= 11 is 0. The summed E-state index contributed by atoms with van der Waals surface area (Å²) in [4.78, 5) is 4.89. The van der Waals surface area contributed by atoms with Crippen LogP contribution >= 0.6 is 0 Å². The van der Waals surface area contributed by atoms with Crippen molar-refractivity contribution in [2.45, 2.75) is 13.5 Å². The van der Waals surface area contributed by atoms with Crippen molar-refractivity contribution in [3.63, 3.8) is 0 Å². The summed E-state index contributed by atoms with van der Waals surface area (Å²) in [5.74, 6) is 2.65. The summed E-state index contributed by atoms with van der Waals surface area (Å²) in [6.45, 7) is 2.86. The molecule has 5 heteroatoms. The van der Waals surface area contributed by atoms with E-state index in [1.165, 1.54) is 5.56 Å². The molecule has 0 aliphatic carbocycles. The maximum absolute atomic E-state index is 5.24. The van der Waals surface area contributed by atoms with Gasteiger partial charge in [0.2, 0.25) is 5.78 Å². The average Bonchev–Trinajstić information content (AvgIpc) is 3.23. The lowest BCUT2D eigenvalue weighted by Gasteiger charge is -2.05. The van der Waals surface area contributed by atoms with Gasteiger partial charge < -0.3 is 14.0 Å². The number of hydrogen-bond donors (Lipinski definition) is 0. The van der Waals surface area contributed by atoms with Gasteiger partial charge in [-0.2, -0.15) is 0 Å². The van der Waals surface area contributed by atoms with Gasteiger partial charge in [-0.15, -0.1) is 0 Å². The quantitative estimate of drug-likeness (QED) is 0.544. The molecule has 4 aromatic rings. The molecule has 0 aliphatic heterocycles. The number of methoxy groups -OCH3 is 2. The van der Waals surface area contributed by atoms with Crippen LogP contribution in [0.4, 0.5) is 0 Å². The van der Waals surface area contributed by atoms with E-state index in [-0.39, 0.29) is 0 Å². The lowest BCUT2D eigenvalue weighted by Crippen LogP contribution is -1.99. The number of aromatic nitrogens is 3. The van der Waals surface area contributed by atoms with E-state index < -0.39 is 0 Å². The lowest BCUT2D eigenvalue weighted by atomic mass is 10.1. The van der Waals surface area contributed by atoms with Crippen molar-refractivity contribution in [1.29, 1.82) is 0 Å². The molecule has 132 valence electrons. The van der Waals surface area contributed by atoms with Crippen LogP contribution in [-0.2, 0) is 6.54 Å². The summed E-state index contributed by atoms with van der Waals surface area (Å²) in [5.41, 5.74) is 4.41. The van der Waals surface area contributed by atoms with Crippen molar-refractivity contribution >= 4 is 5.78 Å². The summed E-state index contributed by atoms with van der Waals surface area (Å²) in [7, 11) is 3.35. The molecule has 0 N–H and O–H groups in total. The van der Waals surface area contributed by atoms with Gasteiger partial charge >= 0.3 is 0 Å². The monoisotopic (exact) mass is 347 g/mol. The summed E-state index contributed by atoms with van der Waals surface area (Å²) in [6.07, 6.45) is 4.13.